The van der Waals surface area contributed by atoms with Crippen molar-refractivity contribution >= 4 is 38.3 Å². The van der Waals surface area contributed by atoms with E-state index in [1.807, 2.05) is 25.1 Å². The van der Waals surface area contributed by atoms with Crippen LogP contribution in [-0.2, 0) is 10.0 Å². The lowest BCUT2D eigenvalue weighted by Crippen LogP contribution is -2.14. The van der Waals surface area contributed by atoms with Crippen LogP contribution in [0.2, 0.25) is 0 Å². The summed E-state index contributed by atoms with van der Waals surface area (Å²) < 4.78 is 28.3. The molecule has 0 aliphatic rings. The molecule has 3 nitrogen and oxygen atoms in total. The van der Waals surface area contributed by atoms with Crippen LogP contribution in [0.25, 0.3) is 0 Å². The van der Waals surface area contributed by atoms with Gasteiger partial charge in [-0.2, -0.15) is 0 Å². The number of hydrogen-bond acceptors (Lipinski definition) is 2. The van der Waals surface area contributed by atoms with Crippen molar-refractivity contribution in [2.75, 3.05) is 4.72 Å². The zero-order valence-corrected chi connectivity index (χ0v) is 13.6. The van der Waals surface area contributed by atoms with E-state index in [0.717, 1.165) is 14.7 Å². The second kappa shape index (κ2) is 5.50. The molecule has 0 unspecified atom stereocenters. The van der Waals surface area contributed by atoms with Gasteiger partial charge in [-0.3, -0.25) is 4.72 Å². The van der Waals surface area contributed by atoms with Crippen molar-refractivity contribution in [2.24, 2.45) is 0 Å². The highest BCUT2D eigenvalue weighted by atomic mass is 127. The average Bonchev–Trinajstić information content (AvgIpc) is 2.31. The first kappa shape index (κ1) is 14.3. The SMILES string of the molecule is Cc1ccc(S(=O)(=O)Nc2ccc(I)cc2)c(C)c1. The third kappa shape index (κ3) is 3.48. The van der Waals surface area contributed by atoms with Crippen LogP contribution in [0.1, 0.15) is 11.1 Å². The van der Waals surface area contributed by atoms with Crippen LogP contribution in [0.3, 0.4) is 0 Å². The highest BCUT2D eigenvalue weighted by molar-refractivity contribution is 14.1. The molecule has 1 N–H and O–H groups in total. The van der Waals surface area contributed by atoms with Gasteiger partial charge in [-0.15, -0.1) is 0 Å². The Hall–Kier alpha value is -1.08. The minimum Gasteiger partial charge on any atom is -0.280 e. The topological polar surface area (TPSA) is 46.2 Å². The molecule has 19 heavy (non-hydrogen) atoms. The lowest BCUT2D eigenvalue weighted by atomic mass is 10.2. The Morgan fingerprint density at radius 1 is 1.00 bits per heavy atom. The monoisotopic (exact) mass is 387 g/mol. The molecule has 0 aromatic heterocycles. The number of rotatable bonds is 3. The molecule has 0 atom stereocenters. The third-order valence-electron chi connectivity index (χ3n) is 2.72. The summed E-state index contributed by atoms with van der Waals surface area (Å²) in [5, 5.41) is 0. The van der Waals surface area contributed by atoms with Crippen molar-refractivity contribution < 1.29 is 8.42 Å². The molecule has 0 bridgehead atoms. The first-order valence-electron chi connectivity index (χ1n) is 5.74. The molecule has 0 aliphatic carbocycles. The Morgan fingerprint density at radius 2 is 1.63 bits per heavy atom. The summed E-state index contributed by atoms with van der Waals surface area (Å²) in [5.74, 6) is 0. The number of sulfonamides is 1. The molecule has 2 rings (SSSR count). The van der Waals surface area contributed by atoms with Gasteiger partial charge in [-0.05, 0) is 72.3 Å². The Morgan fingerprint density at radius 3 is 2.21 bits per heavy atom. The molecular weight excluding hydrogens is 373 g/mol. The van der Waals surface area contributed by atoms with Crippen LogP contribution in [0, 0.1) is 17.4 Å². The van der Waals surface area contributed by atoms with E-state index in [1.54, 1.807) is 31.2 Å². The second-order valence-electron chi connectivity index (χ2n) is 4.38. The molecule has 0 fully saturated rings. The fraction of sp³-hybridized carbons (Fsp3) is 0.143. The zero-order chi connectivity index (χ0) is 14.0. The first-order chi connectivity index (χ1) is 8.88. The lowest BCUT2D eigenvalue weighted by molar-refractivity contribution is 0.600. The van der Waals surface area contributed by atoms with E-state index in [0.29, 0.717) is 10.6 Å². The van der Waals surface area contributed by atoms with Gasteiger partial charge in [-0.1, -0.05) is 17.7 Å². The molecule has 0 saturated carbocycles. The molecule has 0 spiro atoms. The van der Waals surface area contributed by atoms with Crippen LogP contribution in [0.4, 0.5) is 5.69 Å². The minimum absolute atomic E-state index is 0.316. The van der Waals surface area contributed by atoms with E-state index in [1.165, 1.54) is 0 Å². The Bertz CT molecular complexity index is 694. The van der Waals surface area contributed by atoms with Crippen LogP contribution in [-0.4, -0.2) is 8.42 Å². The molecule has 5 heteroatoms. The normalized spacial score (nSPS) is 11.3. The Balaban J connectivity index is 2.35. The maximum Gasteiger partial charge on any atom is 0.262 e. The van der Waals surface area contributed by atoms with E-state index in [4.69, 9.17) is 0 Å². The van der Waals surface area contributed by atoms with Crippen molar-refractivity contribution in [1.82, 2.24) is 0 Å². The molecule has 2 aromatic rings. The highest BCUT2D eigenvalue weighted by Gasteiger charge is 2.16. The Labute approximate surface area is 127 Å². The maximum absolute atomic E-state index is 12.3. The van der Waals surface area contributed by atoms with E-state index in [2.05, 4.69) is 27.3 Å². The number of nitrogens with one attached hydrogen (secondary N) is 1. The number of benzene rings is 2. The molecule has 0 aliphatic heterocycles. The van der Waals surface area contributed by atoms with Gasteiger partial charge in [0.15, 0.2) is 0 Å². The van der Waals surface area contributed by atoms with E-state index in [9.17, 15) is 8.42 Å². The minimum atomic E-state index is -3.53. The van der Waals surface area contributed by atoms with Crippen molar-refractivity contribution in [3.8, 4) is 0 Å². The fourth-order valence-electron chi connectivity index (χ4n) is 1.83. The van der Waals surface area contributed by atoms with Gasteiger partial charge >= 0.3 is 0 Å². The molecule has 0 radical (unpaired) electrons. The number of hydrogen-bond donors (Lipinski definition) is 1. The summed E-state index contributed by atoms with van der Waals surface area (Å²) in [4.78, 5) is 0.316. The number of halogens is 1. The van der Waals surface area contributed by atoms with Gasteiger partial charge in [0.05, 0.1) is 4.90 Å². The van der Waals surface area contributed by atoms with Gasteiger partial charge in [0, 0.05) is 9.26 Å². The number of aryl methyl sites for hydroxylation is 2. The van der Waals surface area contributed by atoms with Crippen LogP contribution in [0.5, 0.6) is 0 Å². The van der Waals surface area contributed by atoms with Gasteiger partial charge < -0.3 is 0 Å². The summed E-state index contributed by atoms with van der Waals surface area (Å²) in [6.07, 6.45) is 0. The van der Waals surface area contributed by atoms with Crippen molar-refractivity contribution in [1.29, 1.82) is 0 Å². The van der Waals surface area contributed by atoms with Gasteiger partial charge in [0.1, 0.15) is 0 Å². The standard InChI is InChI=1S/C14H14INO2S/c1-10-3-8-14(11(2)9-10)19(17,18)16-13-6-4-12(15)5-7-13/h3-9,16H,1-2H3. The molecule has 0 amide bonds. The van der Waals surface area contributed by atoms with Crippen LogP contribution in [0.15, 0.2) is 47.4 Å². The summed E-state index contributed by atoms with van der Waals surface area (Å²) in [6, 6.07) is 12.5. The van der Waals surface area contributed by atoms with Gasteiger partial charge in [0.25, 0.3) is 10.0 Å². The highest BCUT2D eigenvalue weighted by Crippen LogP contribution is 2.20. The van der Waals surface area contributed by atoms with Crippen LogP contribution >= 0.6 is 22.6 Å². The smallest absolute Gasteiger partial charge is 0.262 e. The summed E-state index contributed by atoms with van der Waals surface area (Å²) in [5.41, 5.74) is 2.36. The first-order valence-corrected chi connectivity index (χ1v) is 8.30. The van der Waals surface area contributed by atoms with E-state index >= 15 is 0 Å². The maximum atomic E-state index is 12.3. The molecule has 100 valence electrons. The predicted octanol–water partition coefficient (Wildman–Crippen LogP) is 3.71. The van der Waals surface area contributed by atoms with Crippen molar-refractivity contribution in [3.63, 3.8) is 0 Å². The van der Waals surface area contributed by atoms with E-state index < -0.39 is 10.0 Å². The predicted molar refractivity (Wildman–Crippen MR) is 85.9 cm³/mol. The van der Waals surface area contributed by atoms with Crippen LogP contribution < -0.4 is 4.72 Å². The van der Waals surface area contributed by atoms with Gasteiger partial charge in [0.2, 0.25) is 0 Å². The fourth-order valence-corrected chi connectivity index (χ4v) is 3.47. The lowest BCUT2D eigenvalue weighted by Gasteiger charge is -2.11. The quantitative estimate of drug-likeness (QED) is 0.817. The molecule has 2 aromatic carbocycles. The molecular formula is C14H14INO2S. The van der Waals surface area contributed by atoms with E-state index in [-0.39, 0.29) is 0 Å². The third-order valence-corrected chi connectivity index (χ3v) is 4.98. The summed E-state index contributed by atoms with van der Waals surface area (Å²) in [7, 11) is -3.53. The number of anilines is 1. The van der Waals surface area contributed by atoms with Crippen molar-refractivity contribution in [2.45, 2.75) is 18.7 Å². The average molecular weight is 387 g/mol. The van der Waals surface area contributed by atoms with Crippen molar-refractivity contribution in [3.05, 3.63) is 57.2 Å². The van der Waals surface area contributed by atoms with Gasteiger partial charge in [-0.25, -0.2) is 8.42 Å². The zero-order valence-electron chi connectivity index (χ0n) is 10.6. The second-order valence-corrected chi connectivity index (χ2v) is 7.28. The molecule has 0 saturated heterocycles. The summed E-state index contributed by atoms with van der Waals surface area (Å²) >= 11 is 2.18. The largest absolute Gasteiger partial charge is 0.280 e. The molecule has 0 heterocycles. The Kier molecular flexibility index (Phi) is 4.15. The summed E-state index contributed by atoms with van der Waals surface area (Å²) in [6.45, 7) is 3.74.